The number of carbonyl (C=O) groups excluding carboxylic acids is 2. The van der Waals surface area contributed by atoms with E-state index in [9.17, 15) is 30.0 Å². The van der Waals surface area contributed by atoms with Crippen LogP contribution in [0.25, 0.3) is 0 Å². The van der Waals surface area contributed by atoms with Gasteiger partial charge in [-0.1, -0.05) is 46.8 Å². The topological polar surface area (TPSA) is 124 Å². The Morgan fingerprint density at radius 1 is 1.25 bits per heavy atom. The number of hydrogen-bond donors (Lipinski definition) is 4. The molecule has 0 aromatic rings. The van der Waals surface area contributed by atoms with Crippen molar-refractivity contribution in [2.75, 3.05) is 6.61 Å². The third-order valence-corrected chi connectivity index (χ3v) is 9.26. The smallest absolute Gasteiger partial charge is 0.309 e. The highest BCUT2D eigenvalue weighted by Crippen LogP contribution is 2.75. The third-order valence-electron chi connectivity index (χ3n) is 9.26. The molecule has 4 N–H and O–H groups in total. The number of Topliss-reactive ketones (excluding diaryl/α,β-unsaturated/α-hetero) is 1. The molecular formula is C25H36O7. The second-order valence-corrected chi connectivity index (χ2v) is 11.1. The molecule has 0 spiro atoms. The van der Waals surface area contributed by atoms with Crippen molar-refractivity contribution in [3.05, 3.63) is 23.3 Å². The van der Waals surface area contributed by atoms with Crippen LogP contribution in [-0.4, -0.2) is 61.7 Å². The molecule has 2 fully saturated rings. The number of ketones is 1. The van der Waals surface area contributed by atoms with E-state index < -0.39 is 63.7 Å². The number of hydrogen-bond acceptors (Lipinski definition) is 7. The lowest BCUT2D eigenvalue weighted by Crippen LogP contribution is -2.65. The summed E-state index contributed by atoms with van der Waals surface area (Å²) in [7, 11) is 0. The quantitative estimate of drug-likeness (QED) is 0.380. The highest BCUT2D eigenvalue weighted by molar-refractivity contribution is 6.04. The first-order valence-electron chi connectivity index (χ1n) is 11.6. The zero-order valence-corrected chi connectivity index (χ0v) is 19.8. The van der Waals surface area contributed by atoms with Gasteiger partial charge in [0.1, 0.15) is 17.3 Å². The van der Waals surface area contributed by atoms with Gasteiger partial charge in [0.05, 0.1) is 18.1 Å². The molecule has 0 aromatic carbocycles. The molecule has 0 heterocycles. The highest BCUT2D eigenvalue weighted by Gasteiger charge is 2.85. The monoisotopic (exact) mass is 448 g/mol. The van der Waals surface area contributed by atoms with Crippen molar-refractivity contribution < 1.29 is 34.8 Å². The predicted molar refractivity (Wildman–Crippen MR) is 116 cm³/mol. The number of ether oxygens (including phenoxy) is 1. The van der Waals surface area contributed by atoms with Crippen molar-refractivity contribution in [1.82, 2.24) is 0 Å². The van der Waals surface area contributed by atoms with Crippen molar-refractivity contribution in [2.24, 2.45) is 35.0 Å². The van der Waals surface area contributed by atoms with E-state index in [-0.39, 0.29) is 18.9 Å². The first-order chi connectivity index (χ1) is 14.7. The number of rotatable bonds is 4. The molecule has 0 bridgehead atoms. The van der Waals surface area contributed by atoms with Crippen molar-refractivity contribution >= 4 is 11.8 Å². The van der Waals surface area contributed by atoms with E-state index in [1.165, 1.54) is 0 Å². The summed E-state index contributed by atoms with van der Waals surface area (Å²) in [5, 5.41) is 45.7. The normalized spacial score (nSPS) is 47.3. The van der Waals surface area contributed by atoms with Crippen LogP contribution in [0.15, 0.2) is 23.3 Å². The van der Waals surface area contributed by atoms with Crippen LogP contribution in [0.2, 0.25) is 0 Å². The van der Waals surface area contributed by atoms with Crippen molar-refractivity contribution in [2.45, 2.75) is 77.3 Å². The summed E-state index contributed by atoms with van der Waals surface area (Å²) in [6.07, 6.45) is 2.85. The molecule has 0 radical (unpaired) electrons. The zero-order valence-electron chi connectivity index (χ0n) is 19.8. The van der Waals surface area contributed by atoms with Gasteiger partial charge in [-0.25, -0.2) is 0 Å². The Balaban J connectivity index is 1.89. The molecule has 4 aliphatic rings. The van der Waals surface area contributed by atoms with E-state index in [1.54, 1.807) is 32.9 Å². The first-order valence-corrected chi connectivity index (χ1v) is 11.6. The van der Waals surface area contributed by atoms with Gasteiger partial charge in [0.25, 0.3) is 0 Å². The van der Waals surface area contributed by atoms with E-state index in [1.807, 2.05) is 20.8 Å². The molecule has 7 nitrogen and oxygen atoms in total. The van der Waals surface area contributed by atoms with Gasteiger partial charge < -0.3 is 25.2 Å². The summed E-state index contributed by atoms with van der Waals surface area (Å²) in [4.78, 5) is 25.8. The van der Waals surface area contributed by atoms with Crippen molar-refractivity contribution in [1.29, 1.82) is 0 Å². The fraction of sp³-hybridized carbons (Fsp3) is 0.760. The molecule has 4 rings (SSSR count). The third kappa shape index (κ3) is 2.62. The van der Waals surface area contributed by atoms with Crippen LogP contribution in [0.4, 0.5) is 0 Å². The SMILES string of the molecule is CCC(C)C(=O)O[C@@H]1[C@@H](C)[C@@]2(O)[C@@H](C=C(CO)C[C@]3(O)C(=O)C(C)=C[C@@H]23)[C@@H]2C(C)(C)[C@]12O. The Bertz CT molecular complexity index is 919. The Morgan fingerprint density at radius 2 is 1.88 bits per heavy atom. The van der Waals surface area contributed by atoms with Crippen LogP contribution in [0.5, 0.6) is 0 Å². The summed E-state index contributed by atoms with van der Waals surface area (Å²) >= 11 is 0. The first kappa shape index (κ1) is 23.6. The Hall–Kier alpha value is -1.54. The van der Waals surface area contributed by atoms with E-state index in [0.717, 1.165) is 0 Å². The van der Waals surface area contributed by atoms with Crippen LogP contribution in [-0.2, 0) is 14.3 Å². The number of esters is 1. The average molecular weight is 449 g/mol. The maximum atomic E-state index is 13.0. The van der Waals surface area contributed by atoms with Gasteiger partial charge in [-0.15, -0.1) is 0 Å². The second kappa shape index (κ2) is 6.98. The average Bonchev–Trinajstić information content (AvgIpc) is 3.13. The molecule has 9 atom stereocenters. The van der Waals surface area contributed by atoms with Gasteiger partial charge in [-0.2, -0.15) is 0 Å². The van der Waals surface area contributed by atoms with Gasteiger partial charge in [0.2, 0.25) is 0 Å². The lowest BCUT2D eigenvalue weighted by Gasteiger charge is -2.52. The van der Waals surface area contributed by atoms with Crippen LogP contribution < -0.4 is 0 Å². The molecule has 32 heavy (non-hydrogen) atoms. The number of fused-ring (bicyclic) bond motifs is 5. The van der Waals surface area contributed by atoms with Crippen molar-refractivity contribution in [3.63, 3.8) is 0 Å². The molecule has 1 unspecified atom stereocenters. The summed E-state index contributed by atoms with van der Waals surface area (Å²) < 4.78 is 5.89. The minimum Gasteiger partial charge on any atom is -0.459 e. The van der Waals surface area contributed by atoms with E-state index in [4.69, 9.17) is 4.74 Å². The Labute approximate surface area is 189 Å². The second-order valence-electron chi connectivity index (χ2n) is 11.1. The van der Waals surface area contributed by atoms with Crippen LogP contribution >= 0.6 is 0 Å². The molecule has 0 saturated heterocycles. The van der Waals surface area contributed by atoms with E-state index >= 15 is 0 Å². The number of aliphatic hydroxyl groups excluding tert-OH is 1. The van der Waals surface area contributed by atoms with Crippen molar-refractivity contribution in [3.8, 4) is 0 Å². The molecule has 178 valence electrons. The van der Waals surface area contributed by atoms with E-state index in [0.29, 0.717) is 17.6 Å². The zero-order chi connectivity index (χ0) is 24.0. The minimum absolute atomic E-state index is 0.0880. The van der Waals surface area contributed by atoms with Crippen LogP contribution in [0, 0.1) is 35.0 Å². The maximum Gasteiger partial charge on any atom is 0.309 e. The molecule has 0 aromatic heterocycles. The molecular weight excluding hydrogens is 412 g/mol. The lowest BCUT2D eigenvalue weighted by molar-refractivity contribution is -0.222. The predicted octanol–water partition coefficient (Wildman–Crippen LogP) is 1.53. The number of aliphatic hydroxyl groups is 4. The molecule has 2 saturated carbocycles. The molecule has 0 amide bonds. The number of carbonyl (C=O) groups is 2. The largest absolute Gasteiger partial charge is 0.459 e. The van der Waals surface area contributed by atoms with Gasteiger partial charge >= 0.3 is 5.97 Å². The summed E-state index contributed by atoms with van der Waals surface area (Å²) in [6, 6.07) is 0. The minimum atomic E-state index is -1.89. The molecule has 7 heteroatoms. The fourth-order valence-electron chi connectivity index (χ4n) is 7.01. The highest BCUT2D eigenvalue weighted by atomic mass is 16.6. The lowest BCUT2D eigenvalue weighted by atomic mass is 9.59. The van der Waals surface area contributed by atoms with Crippen LogP contribution in [0.3, 0.4) is 0 Å². The maximum absolute atomic E-state index is 13.0. The Morgan fingerprint density at radius 3 is 2.44 bits per heavy atom. The molecule has 4 aliphatic carbocycles. The van der Waals surface area contributed by atoms with Gasteiger partial charge in [0.15, 0.2) is 5.78 Å². The van der Waals surface area contributed by atoms with E-state index in [2.05, 4.69) is 0 Å². The summed E-state index contributed by atoms with van der Waals surface area (Å²) in [5.74, 6) is -4.09. The fourth-order valence-corrected chi connectivity index (χ4v) is 7.01. The standard InChI is InChI=1S/C25H36O7/c1-7-12(2)21(28)32-20-14(4)24(30)16(18-22(5,6)25(18,20)31)9-15(11-26)10-23(29)17(24)8-13(3)19(23)27/h8-9,12,14,16-18,20,26,29-31H,7,10-11H2,1-6H3/t12?,14-,16+,17-,18-,20-,23-,24-,25-/m1/s1. The summed E-state index contributed by atoms with van der Waals surface area (Å²) in [5.41, 5.74) is -4.78. The van der Waals surface area contributed by atoms with Crippen LogP contribution in [0.1, 0.15) is 54.4 Å². The summed E-state index contributed by atoms with van der Waals surface area (Å²) in [6.45, 7) is 10.4. The van der Waals surface area contributed by atoms with Gasteiger partial charge in [0, 0.05) is 35.5 Å². The van der Waals surface area contributed by atoms with Gasteiger partial charge in [-0.05, 0) is 24.5 Å². The Kier molecular flexibility index (Phi) is 5.15. The molecule has 0 aliphatic heterocycles. The van der Waals surface area contributed by atoms with Gasteiger partial charge in [-0.3, -0.25) is 9.59 Å².